The molecule has 0 aliphatic rings. The van der Waals surface area contributed by atoms with Crippen LogP contribution in [-0.2, 0) is 16.0 Å². The van der Waals surface area contributed by atoms with Crippen molar-refractivity contribution in [2.24, 2.45) is 0 Å². The van der Waals surface area contributed by atoms with Gasteiger partial charge in [0.05, 0.1) is 13.5 Å². The van der Waals surface area contributed by atoms with Gasteiger partial charge in [-0.1, -0.05) is 12.1 Å². The minimum Gasteiger partial charge on any atom is -0.508 e. The van der Waals surface area contributed by atoms with E-state index in [1.54, 1.807) is 0 Å². The number of phenolic OH excluding ortho intramolecular Hbond substituents is 2. The summed E-state index contributed by atoms with van der Waals surface area (Å²) < 4.78 is 45.4. The Kier molecular flexibility index (Phi) is 4.87. The molecule has 8 heteroatoms. The van der Waals surface area contributed by atoms with Gasteiger partial charge in [0.25, 0.3) is 0 Å². The number of phenols is 2. The summed E-state index contributed by atoms with van der Waals surface area (Å²) in [5.74, 6) is -1.80. The van der Waals surface area contributed by atoms with E-state index in [1.807, 2.05) is 0 Å². The van der Waals surface area contributed by atoms with Gasteiger partial charge in [-0.05, 0) is 29.3 Å². The van der Waals surface area contributed by atoms with Crippen LogP contribution in [0.2, 0.25) is 0 Å². The molecule has 24 heavy (non-hydrogen) atoms. The van der Waals surface area contributed by atoms with E-state index >= 15 is 0 Å². The van der Waals surface area contributed by atoms with Crippen LogP contribution in [0.1, 0.15) is 5.56 Å². The van der Waals surface area contributed by atoms with E-state index in [-0.39, 0.29) is 28.9 Å². The molecule has 0 bridgehead atoms. The molecule has 0 saturated carbocycles. The molecule has 2 rings (SSSR count). The van der Waals surface area contributed by atoms with Gasteiger partial charge in [-0.25, -0.2) is 0 Å². The van der Waals surface area contributed by atoms with Gasteiger partial charge in [-0.2, -0.15) is 0 Å². The van der Waals surface area contributed by atoms with Crippen LogP contribution in [-0.4, -0.2) is 29.7 Å². The number of hydrogen-bond acceptors (Lipinski definition) is 5. The summed E-state index contributed by atoms with van der Waals surface area (Å²) in [6, 6.07) is 7.17. The maximum atomic E-state index is 12.3. The standard InChI is InChI=1S/C16H13F3O5/c1-23-14(22)7-10-5-11(20)8-13(21)15(10)9-3-2-4-12(6-9)24-16(17,18)19/h2-6,8,20-21H,7H2,1H3. The first kappa shape index (κ1) is 17.5. The number of ether oxygens (including phenoxy) is 2. The van der Waals surface area contributed by atoms with Crippen molar-refractivity contribution in [1.29, 1.82) is 0 Å². The van der Waals surface area contributed by atoms with Crippen molar-refractivity contribution < 1.29 is 37.7 Å². The van der Waals surface area contributed by atoms with E-state index in [2.05, 4.69) is 9.47 Å². The fourth-order valence-corrected chi connectivity index (χ4v) is 2.22. The quantitative estimate of drug-likeness (QED) is 0.833. The van der Waals surface area contributed by atoms with Gasteiger partial charge in [0.15, 0.2) is 0 Å². The van der Waals surface area contributed by atoms with Crippen LogP contribution in [0.15, 0.2) is 36.4 Å². The number of rotatable bonds is 4. The van der Waals surface area contributed by atoms with Crippen molar-refractivity contribution in [2.75, 3.05) is 7.11 Å². The van der Waals surface area contributed by atoms with Crippen LogP contribution < -0.4 is 4.74 Å². The van der Waals surface area contributed by atoms with Crippen molar-refractivity contribution >= 4 is 5.97 Å². The van der Waals surface area contributed by atoms with Gasteiger partial charge in [-0.15, -0.1) is 13.2 Å². The number of alkyl halides is 3. The van der Waals surface area contributed by atoms with Crippen molar-refractivity contribution in [2.45, 2.75) is 12.8 Å². The molecular weight excluding hydrogens is 329 g/mol. The van der Waals surface area contributed by atoms with Gasteiger partial charge in [0, 0.05) is 11.6 Å². The SMILES string of the molecule is COC(=O)Cc1cc(O)cc(O)c1-c1cccc(OC(F)(F)F)c1. The zero-order valence-corrected chi connectivity index (χ0v) is 12.4. The molecule has 0 atom stereocenters. The molecule has 0 radical (unpaired) electrons. The van der Waals surface area contributed by atoms with Crippen LogP contribution in [0.3, 0.4) is 0 Å². The Bertz CT molecular complexity index is 756. The monoisotopic (exact) mass is 342 g/mol. The minimum atomic E-state index is -4.86. The second-order valence-electron chi connectivity index (χ2n) is 4.83. The molecule has 0 fully saturated rings. The number of aromatic hydroxyl groups is 2. The average molecular weight is 342 g/mol. The molecule has 0 unspecified atom stereocenters. The van der Waals surface area contributed by atoms with E-state index in [4.69, 9.17) is 0 Å². The Labute approximate surface area is 134 Å². The zero-order valence-electron chi connectivity index (χ0n) is 12.4. The van der Waals surface area contributed by atoms with Crippen molar-refractivity contribution in [3.63, 3.8) is 0 Å². The lowest BCUT2D eigenvalue weighted by Gasteiger charge is -2.14. The summed E-state index contributed by atoms with van der Waals surface area (Å²) in [5.41, 5.74) is 0.488. The molecule has 0 aromatic heterocycles. The van der Waals surface area contributed by atoms with Crippen molar-refractivity contribution in [1.82, 2.24) is 0 Å². The lowest BCUT2D eigenvalue weighted by atomic mass is 9.96. The highest BCUT2D eigenvalue weighted by Gasteiger charge is 2.31. The highest BCUT2D eigenvalue weighted by molar-refractivity contribution is 5.81. The third kappa shape index (κ3) is 4.31. The van der Waals surface area contributed by atoms with Gasteiger partial charge < -0.3 is 19.7 Å². The molecule has 0 aliphatic carbocycles. The Hall–Kier alpha value is -2.90. The summed E-state index contributed by atoms with van der Waals surface area (Å²) >= 11 is 0. The number of halogens is 3. The van der Waals surface area contributed by atoms with E-state index < -0.39 is 23.8 Å². The normalized spacial score (nSPS) is 11.2. The molecule has 0 amide bonds. The number of esters is 1. The van der Waals surface area contributed by atoms with Gasteiger partial charge in [0.1, 0.15) is 17.2 Å². The highest BCUT2D eigenvalue weighted by Crippen LogP contribution is 2.38. The summed E-state index contributed by atoms with van der Waals surface area (Å²) in [4.78, 5) is 11.5. The topological polar surface area (TPSA) is 76.0 Å². The number of benzene rings is 2. The summed E-state index contributed by atoms with van der Waals surface area (Å²) in [7, 11) is 1.17. The molecule has 5 nitrogen and oxygen atoms in total. The van der Waals surface area contributed by atoms with Crippen LogP contribution in [0.4, 0.5) is 13.2 Å². The third-order valence-corrected chi connectivity index (χ3v) is 3.10. The lowest BCUT2D eigenvalue weighted by Crippen LogP contribution is -2.17. The van der Waals surface area contributed by atoms with Gasteiger partial charge >= 0.3 is 12.3 Å². The van der Waals surface area contributed by atoms with Crippen LogP contribution in [0.5, 0.6) is 17.2 Å². The van der Waals surface area contributed by atoms with Crippen LogP contribution >= 0.6 is 0 Å². The number of methoxy groups -OCH3 is 1. The van der Waals surface area contributed by atoms with Gasteiger partial charge in [-0.3, -0.25) is 4.79 Å². The molecule has 2 aromatic carbocycles. The maximum Gasteiger partial charge on any atom is 0.573 e. The van der Waals surface area contributed by atoms with Crippen LogP contribution in [0, 0.1) is 0 Å². The number of carbonyl (C=O) groups excluding carboxylic acids is 1. The summed E-state index contributed by atoms with van der Waals surface area (Å²) in [6.45, 7) is 0. The van der Waals surface area contributed by atoms with Gasteiger partial charge in [0.2, 0.25) is 0 Å². The lowest BCUT2D eigenvalue weighted by molar-refractivity contribution is -0.274. The predicted molar refractivity (Wildman–Crippen MR) is 77.6 cm³/mol. The number of hydrogen-bond donors (Lipinski definition) is 2. The molecule has 2 aromatic rings. The molecule has 0 saturated heterocycles. The average Bonchev–Trinajstić information content (AvgIpc) is 2.44. The highest BCUT2D eigenvalue weighted by atomic mass is 19.4. The third-order valence-electron chi connectivity index (χ3n) is 3.10. The smallest absolute Gasteiger partial charge is 0.508 e. The Balaban J connectivity index is 2.51. The summed E-state index contributed by atoms with van der Waals surface area (Å²) in [6.07, 6.45) is -5.14. The Morgan fingerprint density at radius 2 is 1.88 bits per heavy atom. The fourth-order valence-electron chi connectivity index (χ4n) is 2.22. The Morgan fingerprint density at radius 1 is 1.17 bits per heavy atom. The largest absolute Gasteiger partial charge is 0.573 e. The molecule has 2 N–H and O–H groups in total. The van der Waals surface area contributed by atoms with Crippen LogP contribution in [0.25, 0.3) is 11.1 Å². The van der Waals surface area contributed by atoms with E-state index in [1.165, 1.54) is 25.3 Å². The molecular formula is C16H13F3O5. The second-order valence-corrected chi connectivity index (χ2v) is 4.83. The second kappa shape index (κ2) is 6.69. The molecule has 0 spiro atoms. The Morgan fingerprint density at radius 3 is 2.50 bits per heavy atom. The predicted octanol–water partition coefficient (Wildman–Crippen LogP) is 3.38. The zero-order chi connectivity index (χ0) is 17.9. The first-order valence-electron chi connectivity index (χ1n) is 6.67. The molecule has 128 valence electrons. The van der Waals surface area contributed by atoms with E-state index in [0.717, 1.165) is 18.2 Å². The fraction of sp³-hybridized carbons (Fsp3) is 0.188. The first-order valence-corrected chi connectivity index (χ1v) is 6.67. The molecule has 0 aliphatic heterocycles. The van der Waals surface area contributed by atoms with E-state index in [0.29, 0.717) is 0 Å². The summed E-state index contributed by atoms with van der Waals surface area (Å²) in [5, 5.41) is 19.6. The minimum absolute atomic E-state index is 0.103. The number of carbonyl (C=O) groups is 1. The van der Waals surface area contributed by atoms with Crippen molar-refractivity contribution in [3.05, 3.63) is 42.0 Å². The first-order chi connectivity index (χ1) is 11.2. The van der Waals surface area contributed by atoms with Crippen molar-refractivity contribution in [3.8, 4) is 28.4 Å². The van der Waals surface area contributed by atoms with E-state index in [9.17, 15) is 28.2 Å². The maximum absolute atomic E-state index is 12.3. The molecule has 0 heterocycles.